The van der Waals surface area contributed by atoms with Gasteiger partial charge in [0.05, 0.1) is 0 Å². The largest absolute Gasteiger partial charge is 0.372 e. The molecule has 0 saturated heterocycles. The van der Waals surface area contributed by atoms with Crippen molar-refractivity contribution in [1.29, 1.82) is 0 Å². The zero-order chi connectivity index (χ0) is 21.5. The highest BCUT2D eigenvalue weighted by Crippen LogP contribution is 2.24. The number of nitrogens with one attached hydrogen (secondary N) is 1. The Balaban J connectivity index is 0.00000204. The highest BCUT2D eigenvalue weighted by molar-refractivity contribution is 5.65. The molecule has 0 radical (unpaired) electrons. The Labute approximate surface area is 180 Å². The Bertz CT molecular complexity index is 565. The molecule has 162 valence electrons. The van der Waals surface area contributed by atoms with Crippen LogP contribution in [0.3, 0.4) is 0 Å². The minimum absolute atomic E-state index is 1.12. The summed E-state index contributed by atoms with van der Waals surface area (Å²) in [6.45, 7) is 17.4. The molecule has 1 N–H and O–H groups in total. The maximum Gasteiger partial charge on any atom is 0.0385 e. The van der Waals surface area contributed by atoms with Crippen molar-refractivity contribution < 1.29 is 0 Å². The van der Waals surface area contributed by atoms with Crippen LogP contribution in [0.25, 0.3) is 0 Å². The van der Waals surface area contributed by atoms with Crippen LogP contribution in [0.5, 0.6) is 0 Å². The number of rotatable bonds is 12. The molecular weight excluding hydrogens is 354 g/mol. The molecule has 3 nitrogen and oxygen atoms in total. The fourth-order valence-corrected chi connectivity index (χ4v) is 3.50. The molecule has 3 heteroatoms. The maximum atomic E-state index is 3.53. The van der Waals surface area contributed by atoms with Gasteiger partial charge >= 0.3 is 0 Å². The van der Waals surface area contributed by atoms with E-state index < -0.39 is 0 Å². The molecule has 0 unspecified atom stereocenters. The number of nitrogens with zero attached hydrogens (tertiary/aromatic N) is 2. The average Bonchev–Trinajstić information content (AvgIpc) is 2.76. The van der Waals surface area contributed by atoms with Crippen LogP contribution in [0.1, 0.15) is 67.2 Å². The van der Waals surface area contributed by atoms with E-state index in [-0.39, 0.29) is 0 Å². The molecule has 2 aromatic rings. The Morgan fingerprint density at radius 1 is 0.517 bits per heavy atom. The van der Waals surface area contributed by atoms with Crippen LogP contribution in [0.15, 0.2) is 48.5 Å². The van der Waals surface area contributed by atoms with E-state index in [0.717, 1.165) is 37.6 Å². The normalized spacial score (nSPS) is 10.1. The third-order valence-corrected chi connectivity index (χ3v) is 4.73. The number of hydrogen-bond donors (Lipinski definition) is 1. The van der Waals surface area contributed by atoms with Gasteiger partial charge in [0, 0.05) is 48.9 Å². The van der Waals surface area contributed by atoms with Crippen LogP contribution in [0, 0.1) is 0 Å². The Morgan fingerprint density at radius 3 is 1.03 bits per heavy atom. The van der Waals surface area contributed by atoms with Gasteiger partial charge in [0.1, 0.15) is 0 Å². The van der Waals surface area contributed by atoms with Crippen LogP contribution in [0.4, 0.5) is 22.7 Å². The molecule has 0 atom stereocenters. The van der Waals surface area contributed by atoms with Crippen LogP contribution in [0.2, 0.25) is 0 Å². The van der Waals surface area contributed by atoms with E-state index in [9.17, 15) is 0 Å². The quantitative estimate of drug-likeness (QED) is 0.395. The molecule has 0 spiro atoms. The van der Waals surface area contributed by atoms with Gasteiger partial charge in [0.15, 0.2) is 0 Å². The summed E-state index contributed by atoms with van der Waals surface area (Å²) < 4.78 is 0. The van der Waals surface area contributed by atoms with Crippen molar-refractivity contribution in [3.05, 3.63) is 48.5 Å². The standard InChI is InChI=1S/C24H37N3.C2H6/c1-5-17-26(18-6-2)23-13-9-21(10-14-23)25-22-11-15-24(16-12-22)27(19-7-3)20-8-4;1-2/h9-16,25H,5-8,17-20H2,1-4H3;1-2H3. The minimum Gasteiger partial charge on any atom is -0.372 e. The van der Waals surface area contributed by atoms with Crippen LogP contribution < -0.4 is 15.1 Å². The highest BCUT2D eigenvalue weighted by atomic mass is 15.1. The van der Waals surface area contributed by atoms with Crippen molar-refractivity contribution in [2.75, 3.05) is 41.3 Å². The van der Waals surface area contributed by atoms with Gasteiger partial charge < -0.3 is 15.1 Å². The fourth-order valence-electron chi connectivity index (χ4n) is 3.50. The first-order chi connectivity index (χ1) is 14.2. The topological polar surface area (TPSA) is 18.5 Å². The molecule has 0 aliphatic heterocycles. The van der Waals surface area contributed by atoms with E-state index in [1.807, 2.05) is 13.8 Å². The van der Waals surface area contributed by atoms with Gasteiger partial charge in [-0.2, -0.15) is 0 Å². The number of hydrogen-bond acceptors (Lipinski definition) is 3. The molecule has 0 aliphatic rings. The molecule has 0 fully saturated rings. The third-order valence-electron chi connectivity index (χ3n) is 4.73. The Kier molecular flexibility index (Phi) is 12.7. The lowest BCUT2D eigenvalue weighted by Gasteiger charge is -2.24. The smallest absolute Gasteiger partial charge is 0.0385 e. The van der Waals surface area contributed by atoms with Gasteiger partial charge in [-0.25, -0.2) is 0 Å². The van der Waals surface area contributed by atoms with E-state index in [1.54, 1.807) is 0 Å². The van der Waals surface area contributed by atoms with Gasteiger partial charge in [0.25, 0.3) is 0 Å². The molecule has 0 heterocycles. The van der Waals surface area contributed by atoms with Gasteiger partial charge in [-0.1, -0.05) is 41.5 Å². The molecule has 0 bridgehead atoms. The summed E-state index contributed by atoms with van der Waals surface area (Å²) >= 11 is 0. The predicted octanol–water partition coefficient (Wildman–Crippen LogP) is 7.71. The van der Waals surface area contributed by atoms with Gasteiger partial charge in [-0.3, -0.25) is 0 Å². The Hall–Kier alpha value is -2.16. The lowest BCUT2D eigenvalue weighted by molar-refractivity contribution is 0.745. The summed E-state index contributed by atoms with van der Waals surface area (Å²) in [5.74, 6) is 0. The molecule has 0 aromatic heterocycles. The molecule has 2 aromatic carbocycles. The molecule has 0 amide bonds. The van der Waals surface area contributed by atoms with Crippen molar-refractivity contribution in [3.63, 3.8) is 0 Å². The highest BCUT2D eigenvalue weighted by Gasteiger charge is 2.06. The SMILES string of the molecule is CC.CCCN(CCC)c1ccc(Nc2ccc(N(CCC)CCC)cc2)cc1. The third kappa shape index (κ3) is 8.39. The summed E-state index contributed by atoms with van der Waals surface area (Å²) in [6, 6.07) is 17.6. The van der Waals surface area contributed by atoms with E-state index in [2.05, 4.69) is 91.3 Å². The Morgan fingerprint density at radius 2 is 0.793 bits per heavy atom. The summed E-state index contributed by atoms with van der Waals surface area (Å²) in [4.78, 5) is 4.93. The first kappa shape index (κ1) is 24.9. The van der Waals surface area contributed by atoms with Crippen molar-refractivity contribution in [2.45, 2.75) is 67.2 Å². The molecule has 29 heavy (non-hydrogen) atoms. The molecule has 0 saturated carbocycles. The van der Waals surface area contributed by atoms with E-state index in [0.29, 0.717) is 0 Å². The van der Waals surface area contributed by atoms with Crippen molar-refractivity contribution in [2.24, 2.45) is 0 Å². The number of benzene rings is 2. The van der Waals surface area contributed by atoms with E-state index >= 15 is 0 Å². The zero-order valence-corrected chi connectivity index (χ0v) is 19.7. The zero-order valence-electron chi connectivity index (χ0n) is 19.7. The second kappa shape index (κ2) is 14.8. The number of anilines is 4. The summed E-state index contributed by atoms with van der Waals surface area (Å²) in [7, 11) is 0. The second-order valence-electron chi connectivity index (χ2n) is 7.19. The first-order valence-electron chi connectivity index (χ1n) is 11.7. The van der Waals surface area contributed by atoms with Crippen molar-refractivity contribution >= 4 is 22.7 Å². The summed E-state index contributed by atoms with van der Waals surface area (Å²) in [6.07, 6.45) is 4.72. The summed E-state index contributed by atoms with van der Waals surface area (Å²) in [5, 5.41) is 3.53. The van der Waals surface area contributed by atoms with Crippen LogP contribution >= 0.6 is 0 Å². The van der Waals surface area contributed by atoms with Gasteiger partial charge in [-0.05, 0) is 74.2 Å². The molecule has 2 rings (SSSR count). The van der Waals surface area contributed by atoms with E-state index in [4.69, 9.17) is 0 Å². The maximum absolute atomic E-state index is 3.53. The molecule has 0 aliphatic carbocycles. The fraction of sp³-hybridized carbons (Fsp3) is 0.538. The van der Waals surface area contributed by atoms with E-state index in [1.165, 1.54) is 37.1 Å². The summed E-state index contributed by atoms with van der Waals surface area (Å²) in [5.41, 5.74) is 4.90. The van der Waals surface area contributed by atoms with Crippen LogP contribution in [-0.4, -0.2) is 26.2 Å². The van der Waals surface area contributed by atoms with Crippen molar-refractivity contribution in [3.8, 4) is 0 Å². The second-order valence-corrected chi connectivity index (χ2v) is 7.19. The lowest BCUT2D eigenvalue weighted by Crippen LogP contribution is -2.24. The van der Waals surface area contributed by atoms with Crippen LogP contribution in [-0.2, 0) is 0 Å². The van der Waals surface area contributed by atoms with Gasteiger partial charge in [-0.15, -0.1) is 0 Å². The lowest BCUT2D eigenvalue weighted by atomic mass is 10.2. The minimum atomic E-state index is 1.12. The average molecular weight is 398 g/mol. The first-order valence-corrected chi connectivity index (χ1v) is 11.7. The predicted molar refractivity (Wildman–Crippen MR) is 133 cm³/mol. The van der Waals surface area contributed by atoms with Crippen molar-refractivity contribution in [1.82, 2.24) is 0 Å². The van der Waals surface area contributed by atoms with Gasteiger partial charge in [0.2, 0.25) is 0 Å². The molecular formula is C26H43N3. The monoisotopic (exact) mass is 397 g/mol.